The molecule has 3 rings (SSSR count). The summed E-state index contributed by atoms with van der Waals surface area (Å²) >= 11 is 0. The Labute approximate surface area is 147 Å². The Hall–Kier alpha value is -2.53. The van der Waals surface area contributed by atoms with Crippen LogP contribution < -0.4 is 5.32 Å². The van der Waals surface area contributed by atoms with Crippen LogP contribution in [0.25, 0.3) is 0 Å². The summed E-state index contributed by atoms with van der Waals surface area (Å²) in [6.45, 7) is 3.54. The van der Waals surface area contributed by atoms with Crippen molar-refractivity contribution in [3.8, 4) is 0 Å². The van der Waals surface area contributed by atoms with Gasteiger partial charge in [0.05, 0.1) is 12.0 Å². The smallest absolute Gasteiger partial charge is 0.128 e. The largest absolute Gasteiger partial charge is 0.469 e. The highest BCUT2D eigenvalue weighted by Crippen LogP contribution is 2.28. The number of benzene rings is 1. The van der Waals surface area contributed by atoms with Gasteiger partial charge in [-0.1, -0.05) is 19.1 Å². The van der Waals surface area contributed by atoms with Crippen LogP contribution in [0, 0.1) is 5.82 Å². The van der Waals surface area contributed by atoms with Gasteiger partial charge in [0.1, 0.15) is 17.4 Å². The van der Waals surface area contributed by atoms with Crippen LogP contribution in [0.5, 0.6) is 0 Å². The van der Waals surface area contributed by atoms with Gasteiger partial charge in [0.25, 0.3) is 0 Å². The van der Waals surface area contributed by atoms with Crippen LogP contribution in [-0.2, 0) is 13.0 Å². The molecule has 1 unspecified atom stereocenters. The van der Waals surface area contributed by atoms with Crippen LogP contribution in [0.4, 0.5) is 4.39 Å². The van der Waals surface area contributed by atoms with Gasteiger partial charge in [0, 0.05) is 25.1 Å². The van der Waals surface area contributed by atoms with E-state index in [1.165, 1.54) is 12.1 Å². The molecule has 0 aliphatic heterocycles. The summed E-state index contributed by atoms with van der Waals surface area (Å²) in [7, 11) is 0. The number of halogens is 1. The average Bonchev–Trinajstić information content (AvgIpc) is 3.17. The second-order valence-corrected chi connectivity index (χ2v) is 5.90. The van der Waals surface area contributed by atoms with Crippen LogP contribution in [0.2, 0.25) is 0 Å². The molecule has 1 aromatic carbocycles. The van der Waals surface area contributed by atoms with E-state index in [0.29, 0.717) is 6.54 Å². The molecule has 0 radical (unpaired) electrons. The topological polar surface area (TPSA) is 51.0 Å². The van der Waals surface area contributed by atoms with Crippen molar-refractivity contribution in [3.63, 3.8) is 0 Å². The zero-order chi connectivity index (χ0) is 17.5. The van der Waals surface area contributed by atoms with E-state index < -0.39 is 0 Å². The minimum absolute atomic E-state index is 0.0969. The van der Waals surface area contributed by atoms with Gasteiger partial charge in [0.2, 0.25) is 0 Å². The summed E-state index contributed by atoms with van der Waals surface area (Å²) in [5.74, 6) is 1.62. The van der Waals surface area contributed by atoms with Crippen molar-refractivity contribution in [1.82, 2.24) is 15.3 Å². The minimum Gasteiger partial charge on any atom is -0.469 e. The SMILES string of the molecule is CCc1nccc(CNCCC(c2ccc(F)cc2)c2ccco2)n1. The number of nitrogens with zero attached hydrogens (tertiary/aromatic N) is 2. The van der Waals surface area contributed by atoms with Crippen molar-refractivity contribution in [1.29, 1.82) is 0 Å². The Morgan fingerprint density at radius 1 is 1.16 bits per heavy atom. The maximum Gasteiger partial charge on any atom is 0.128 e. The third-order valence-electron chi connectivity index (χ3n) is 4.15. The van der Waals surface area contributed by atoms with Gasteiger partial charge < -0.3 is 9.73 Å². The molecule has 0 saturated heterocycles. The maximum absolute atomic E-state index is 13.2. The quantitative estimate of drug-likeness (QED) is 0.628. The highest BCUT2D eigenvalue weighted by atomic mass is 19.1. The van der Waals surface area contributed by atoms with E-state index in [2.05, 4.69) is 15.3 Å². The Bertz CT molecular complexity index is 772. The minimum atomic E-state index is -0.226. The third-order valence-corrected chi connectivity index (χ3v) is 4.15. The number of nitrogens with one attached hydrogen (secondary N) is 1. The highest BCUT2D eigenvalue weighted by Gasteiger charge is 2.16. The monoisotopic (exact) mass is 339 g/mol. The van der Waals surface area contributed by atoms with Crippen LogP contribution in [0.15, 0.2) is 59.3 Å². The van der Waals surface area contributed by atoms with Crippen LogP contribution in [0.1, 0.15) is 42.1 Å². The zero-order valence-corrected chi connectivity index (χ0v) is 14.3. The molecule has 25 heavy (non-hydrogen) atoms. The lowest BCUT2D eigenvalue weighted by atomic mass is 9.93. The van der Waals surface area contributed by atoms with E-state index in [1.807, 2.05) is 37.3 Å². The predicted molar refractivity (Wildman–Crippen MR) is 94.7 cm³/mol. The molecule has 1 atom stereocenters. The molecule has 0 aliphatic carbocycles. The van der Waals surface area contributed by atoms with Crippen LogP contribution in [-0.4, -0.2) is 16.5 Å². The summed E-state index contributed by atoms with van der Waals surface area (Å²) in [4.78, 5) is 8.70. The Morgan fingerprint density at radius 2 is 2.00 bits per heavy atom. The van der Waals surface area contributed by atoms with E-state index >= 15 is 0 Å². The number of hydrogen-bond donors (Lipinski definition) is 1. The number of rotatable bonds is 8. The summed E-state index contributed by atoms with van der Waals surface area (Å²) in [5, 5.41) is 3.42. The fourth-order valence-electron chi connectivity index (χ4n) is 2.83. The fraction of sp³-hybridized carbons (Fsp3) is 0.300. The number of aromatic nitrogens is 2. The Balaban J connectivity index is 1.60. The van der Waals surface area contributed by atoms with Crippen molar-refractivity contribution in [3.05, 3.63) is 83.6 Å². The summed E-state index contributed by atoms with van der Waals surface area (Å²) in [6, 6.07) is 12.4. The van der Waals surface area contributed by atoms with Crippen molar-refractivity contribution >= 4 is 0 Å². The summed E-state index contributed by atoms with van der Waals surface area (Å²) in [5.41, 5.74) is 2.04. The van der Waals surface area contributed by atoms with Gasteiger partial charge in [-0.3, -0.25) is 0 Å². The fourth-order valence-corrected chi connectivity index (χ4v) is 2.83. The van der Waals surface area contributed by atoms with Crippen LogP contribution >= 0.6 is 0 Å². The van der Waals surface area contributed by atoms with E-state index in [-0.39, 0.29) is 11.7 Å². The molecular weight excluding hydrogens is 317 g/mol. The summed E-state index contributed by atoms with van der Waals surface area (Å²) in [6.07, 6.45) is 5.16. The number of hydrogen-bond acceptors (Lipinski definition) is 4. The zero-order valence-electron chi connectivity index (χ0n) is 14.3. The molecular formula is C20H22FN3O. The second-order valence-electron chi connectivity index (χ2n) is 5.90. The lowest BCUT2D eigenvalue weighted by Gasteiger charge is -2.15. The number of furan rings is 1. The molecule has 4 nitrogen and oxygen atoms in total. The Morgan fingerprint density at radius 3 is 2.72 bits per heavy atom. The molecule has 0 bridgehead atoms. The second kappa shape index (κ2) is 8.53. The third kappa shape index (κ3) is 4.73. The van der Waals surface area contributed by atoms with Gasteiger partial charge in [0.15, 0.2) is 0 Å². The molecule has 1 N–H and O–H groups in total. The van der Waals surface area contributed by atoms with Gasteiger partial charge in [-0.2, -0.15) is 0 Å². The van der Waals surface area contributed by atoms with E-state index in [0.717, 1.165) is 42.2 Å². The van der Waals surface area contributed by atoms with Crippen molar-refractivity contribution in [2.24, 2.45) is 0 Å². The normalized spacial score (nSPS) is 12.2. The van der Waals surface area contributed by atoms with Crippen molar-refractivity contribution < 1.29 is 8.81 Å². The maximum atomic E-state index is 13.2. The Kier molecular flexibility index (Phi) is 5.90. The first kappa shape index (κ1) is 17.3. The van der Waals surface area contributed by atoms with Crippen LogP contribution in [0.3, 0.4) is 0 Å². The van der Waals surface area contributed by atoms with Gasteiger partial charge in [-0.15, -0.1) is 0 Å². The van der Waals surface area contributed by atoms with Gasteiger partial charge in [-0.25, -0.2) is 14.4 Å². The molecule has 2 aromatic heterocycles. The number of aryl methyl sites for hydroxylation is 1. The van der Waals surface area contributed by atoms with E-state index in [4.69, 9.17) is 4.42 Å². The van der Waals surface area contributed by atoms with Crippen molar-refractivity contribution in [2.75, 3.05) is 6.54 Å². The first-order valence-electron chi connectivity index (χ1n) is 8.56. The molecule has 5 heteroatoms. The molecule has 0 amide bonds. The van der Waals surface area contributed by atoms with Gasteiger partial charge >= 0.3 is 0 Å². The molecule has 2 heterocycles. The molecule has 3 aromatic rings. The molecule has 130 valence electrons. The molecule has 0 saturated carbocycles. The predicted octanol–water partition coefficient (Wildman–Crippen LogP) is 4.08. The lowest BCUT2D eigenvalue weighted by Crippen LogP contribution is -2.18. The van der Waals surface area contributed by atoms with Crippen molar-refractivity contribution in [2.45, 2.75) is 32.2 Å². The highest BCUT2D eigenvalue weighted by molar-refractivity contribution is 5.27. The average molecular weight is 339 g/mol. The first-order valence-corrected chi connectivity index (χ1v) is 8.56. The summed E-state index contributed by atoms with van der Waals surface area (Å²) < 4.78 is 18.8. The standard InChI is InChI=1S/C20H22FN3O/c1-2-20-23-12-9-17(24-20)14-22-11-10-18(19-4-3-13-25-19)15-5-7-16(21)8-6-15/h3-9,12-13,18,22H,2,10-11,14H2,1H3. The van der Waals surface area contributed by atoms with E-state index in [1.54, 1.807) is 12.5 Å². The molecule has 0 fully saturated rings. The first-order chi connectivity index (χ1) is 12.3. The van der Waals surface area contributed by atoms with E-state index in [9.17, 15) is 4.39 Å². The molecule has 0 aliphatic rings. The lowest BCUT2D eigenvalue weighted by molar-refractivity contribution is 0.465. The molecule has 0 spiro atoms. The van der Waals surface area contributed by atoms with Gasteiger partial charge in [-0.05, 0) is 48.9 Å².